The van der Waals surface area contributed by atoms with E-state index in [1.807, 2.05) is 0 Å². The first-order valence-electron chi connectivity index (χ1n) is 8.39. The fourth-order valence-corrected chi connectivity index (χ4v) is 2.56. The minimum Gasteiger partial charge on any atom is -0.395 e. The Morgan fingerprint density at radius 1 is 0.909 bits per heavy atom. The molecule has 0 bridgehead atoms. The van der Waals surface area contributed by atoms with Gasteiger partial charge >= 0.3 is 106 Å². The molecular formula is C15H31NaO5S. The van der Waals surface area contributed by atoms with Crippen molar-refractivity contribution in [3.05, 3.63) is 0 Å². The number of aliphatic hydroxyl groups is 1. The van der Waals surface area contributed by atoms with Crippen molar-refractivity contribution in [2.24, 2.45) is 0 Å². The molecule has 7 heteroatoms. The van der Waals surface area contributed by atoms with Gasteiger partial charge in [0.05, 0.1) is 12.4 Å². The molecule has 0 aliphatic carbocycles. The van der Waals surface area contributed by atoms with Crippen molar-refractivity contribution in [1.29, 1.82) is 0 Å². The summed E-state index contributed by atoms with van der Waals surface area (Å²) < 4.78 is 27.6. The summed E-state index contributed by atoms with van der Waals surface area (Å²) in [6.45, 7) is 1.73. The number of carbonyl (C=O) groups excluding carboxylic acids is 1. The Labute approximate surface area is 153 Å². The Balaban J connectivity index is 0. The van der Waals surface area contributed by atoms with Gasteiger partial charge in [-0.3, -0.25) is 4.55 Å². The average Bonchev–Trinajstić information content (AvgIpc) is 2.40. The maximum atomic E-state index is 10.7. The van der Waals surface area contributed by atoms with Crippen LogP contribution in [0.5, 0.6) is 0 Å². The van der Waals surface area contributed by atoms with Gasteiger partial charge in [0.1, 0.15) is 0 Å². The fraction of sp³-hybridized carbons (Fsp3) is 0.933. The molecule has 0 spiro atoms. The van der Waals surface area contributed by atoms with Crippen molar-refractivity contribution >= 4 is 41.1 Å². The molecular weight excluding hydrogens is 315 g/mol. The van der Waals surface area contributed by atoms with Gasteiger partial charge in [0, 0.05) is 0 Å². The molecule has 0 amide bonds. The zero-order chi connectivity index (χ0) is 17.3. The van der Waals surface area contributed by atoms with E-state index in [1.165, 1.54) is 57.8 Å². The molecule has 2 N–H and O–H groups in total. The molecule has 0 aliphatic rings. The van der Waals surface area contributed by atoms with Gasteiger partial charge < -0.3 is 5.11 Å². The molecule has 0 aromatic rings. The summed E-state index contributed by atoms with van der Waals surface area (Å²) in [7, 11) is -3.92. The van der Waals surface area contributed by atoms with Gasteiger partial charge in [-0.25, -0.2) is 0 Å². The van der Waals surface area contributed by atoms with Crippen LogP contribution in [0.15, 0.2) is 0 Å². The summed E-state index contributed by atoms with van der Waals surface area (Å²) in [5.41, 5.74) is 0. The smallest absolute Gasteiger partial charge is 0.267 e. The predicted molar refractivity (Wildman–Crippen MR) is 90.7 cm³/mol. The van der Waals surface area contributed by atoms with Crippen LogP contribution in [-0.4, -0.2) is 61.4 Å². The average molecular weight is 346 g/mol. The topological polar surface area (TPSA) is 91.7 Å². The summed E-state index contributed by atoms with van der Waals surface area (Å²) in [5, 5.41) is 7.86. The van der Waals surface area contributed by atoms with Crippen molar-refractivity contribution < 1.29 is 22.9 Å². The number of unbranched alkanes of at least 4 members (excludes halogenated alkanes) is 9. The van der Waals surface area contributed by atoms with Gasteiger partial charge in [0.15, 0.2) is 0 Å². The van der Waals surface area contributed by atoms with E-state index in [0.717, 1.165) is 40.8 Å². The minimum absolute atomic E-state index is 0.481. The Morgan fingerprint density at radius 3 is 1.59 bits per heavy atom. The molecule has 0 fully saturated rings. The van der Waals surface area contributed by atoms with Crippen LogP contribution in [-0.2, 0) is 14.9 Å². The Morgan fingerprint density at radius 2 is 1.32 bits per heavy atom. The van der Waals surface area contributed by atoms with E-state index < -0.39 is 22.5 Å². The van der Waals surface area contributed by atoms with Crippen molar-refractivity contribution in [2.45, 2.75) is 77.6 Å². The number of aliphatic hydroxyl groups excluding tert-OH is 1. The Kier molecular flexibility index (Phi) is 20.2. The normalized spacial score (nSPS) is 11.0. The third kappa shape index (κ3) is 28.7. The molecule has 0 heterocycles. The van der Waals surface area contributed by atoms with Crippen LogP contribution in [0.2, 0.25) is 0 Å². The molecule has 5 nitrogen and oxygen atoms in total. The molecule has 0 unspecified atom stereocenters. The van der Waals surface area contributed by atoms with Crippen molar-refractivity contribution in [1.82, 2.24) is 0 Å². The molecule has 0 saturated carbocycles. The van der Waals surface area contributed by atoms with E-state index in [1.54, 1.807) is 0 Å². The Bertz CT molecular complexity index is 344. The SMILES string of the molecule is CCCCCCCCCCCC[C](=O)[Na].O=S(=O)(O)CCO. The third-order valence-electron chi connectivity index (χ3n) is 3.23. The zero-order valence-electron chi connectivity index (χ0n) is 14.2. The van der Waals surface area contributed by atoms with Crippen molar-refractivity contribution in [3.8, 4) is 0 Å². The maximum Gasteiger partial charge on any atom is 0.267 e. The number of carbonyl (C=O) groups is 1. The molecule has 0 saturated heterocycles. The fourth-order valence-electron chi connectivity index (χ4n) is 1.98. The van der Waals surface area contributed by atoms with Gasteiger partial charge in [-0.1, -0.05) is 6.92 Å². The molecule has 0 rings (SSSR count). The van der Waals surface area contributed by atoms with E-state index in [9.17, 15) is 13.2 Å². The quantitative estimate of drug-likeness (QED) is 0.304. The van der Waals surface area contributed by atoms with Crippen molar-refractivity contribution in [3.63, 3.8) is 0 Å². The van der Waals surface area contributed by atoms with E-state index in [-0.39, 0.29) is 0 Å². The Hall–Kier alpha value is 0.540. The van der Waals surface area contributed by atoms with E-state index in [0.29, 0.717) is 3.03 Å². The molecule has 128 valence electrons. The largest absolute Gasteiger partial charge is 0.395 e. The summed E-state index contributed by atoms with van der Waals surface area (Å²) in [4.78, 5) is 10.7. The summed E-state index contributed by atoms with van der Waals surface area (Å²) in [6, 6.07) is 0. The van der Waals surface area contributed by atoms with Crippen LogP contribution >= 0.6 is 0 Å². The van der Waals surface area contributed by atoms with Crippen LogP contribution in [0.4, 0.5) is 0 Å². The zero-order valence-corrected chi connectivity index (χ0v) is 17.0. The summed E-state index contributed by atoms with van der Waals surface area (Å²) >= 11 is 0.751. The monoisotopic (exact) mass is 346 g/mol. The van der Waals surface area contributed by atoms with Crippen LogP contribution in [0.1, 0.15) is 77.6 Å². The maximum absolute atomic E-state index is 10.7. The van der Waals surface area contributed by atoms with Gasteiger partial charge in [-0.15, -0.1) is 0 Å². The second kappa shape index (κ2) is 17.9. The van der Waals surface area contributed by atoms with E-state index >= 15 is 0 Å². The number of rotatable bonds is 13. The van der Waals surface area contributed by atoms with Crippen LogP contribution in [0.25, 0.3) is 0 Å². The van der Waals surface area contributed by atoms with Gasteiger partial charge in [0.25, 0.3) is 10.1 Å². The summed E-state index contributed by atoms with van der Waals surface area (Å²) in [5.74, 6) is -0.576. The van der Waals surface area contributed by atoms with Gasteiger partial charge in [-0.05, 0) is 0 Å². The minimum atomic E-state index is -3.92. The van der Waals surface area contributed by atoms with Crippen LogP contribution < -0.4 is 0 Å². The van der Waals surface area contributed by atoms with Gasteiger partial charge in [0.2, 0.25) is 0 Å². The van der Waals surface area contributed by atoms with E-state index in [2.05, 4.69) is 6.92 Å². The molecule has 0 radical (unpaired) electrons. The standard InChI is InChI=1S/C13H25O.C2H6O4S.Na/c1-2-3-4-5-6-7-8-9-10-11-12-13-14;3-1-2-7(4,5)6;/h2-12H2,1H3;3H,1-2H2,(H,4,5,6);. The van der Waals surface area contributed by atoms with Crippen LogP contribution in [0.3, 0.4) is 0 Å². The molecule has 0 aromatic carbocycles. The van der Waals surface area contributed by atoms with Crippen LogP contribution in [0, 0.1) is 0 Å². The third-order valence-corrected chi connectivity index (χ3v) is 4.43. The first kappa shape index (κ1) is 24.8. The summed E-state index contributed by atoms with van der Waals surface area (Å²) in [6.07, 6.45) is 14.4. The second-order valence-corrected chi connectivity index (χ2v) is 8.33. The van der Waals surface area contributed by atoms with E-state index in [4.69, 9.17) is 9.66 Å². The molecule has 0 aliphatic heterocycles. The second-order valence-electron chi connectivity index (χ2n) is 5.64. The predicted octanol–water partition coefficient (Wildman–Crippen LogP) is 2.86. The van der Waals surface area contributed by atoms with Crippen molar-refractivity contribution in [2.75, 3.05) is 12.4 Å². The first-order chi connectivity index (χ1) is 10.3. The first-order valence-corrected chi connectivity index (χ1v) is 11.0. The van der Waals surface area contributed by atoms with Gasteiger partial charge in [-0.2, -0.15) is 8.42 Å². The molecule has 0 atom stereocenters. The molecule has 22 heavy (non-hydrogen) atoms. The number of hydrogen-bond acceptors (Lipinski definition) is 4. The number of hydrogen-bond donors (Lipinski definition) is 2. The molecule has 0 aromatic heterocycles.